The summed E-state index contributed by atoms with van der Waals surface area (Å²) in [6.07, 6.45) is -2.00. The van der Waals surface area contributed by atoms with Crippen LogP contribution in [0, 0.1) is 15.5 Å². The predicted molar refractivity (Wildman–Crippen MR) is 113 cm³/mol. The number of ether oxygens (including phenoxy) is 2. The van der Waals surface area contributed by atoms with Crippen molar-refractivity contribution in [2.24, 2.45) is 5.41 Å². The van der Waals surface area contributed by atoms with Crippen molar-refractivity contribution >= 4 is 5.69 Å². The van der Waals surface area contributed by atoms with Gasteiger partial charge in [-0.3, -0.25) is 24.5 Å². The SMILES string of the molecule is CC(C)(C)C(OCc1cn([C@H]2C[C@H](O)[C@@H](CO)O2)c(=O)[nH]c1=O)c1ccccc1[N+](=O)[O-]. The second-order valence-electron chi connectivity index (χ2n) is 8.81. The first kappa shape index (κ1) is 23.8. The minimum absolute atomic E-state index is 0.0678. The Morgan fingerprint density at radius 3 is 2.62 bits per heavy atom. The van der Waals surface area contributed by atoms with E-state index in [1.54, 1.807) is 18.2 Å². The maximum atomic E-state index is 12.4. The molecule has 0 spiro atoms. The Morgan fingerprint density at radius 1 is 1.34 bits per heavy atom. The molecular formula is C21H27N3O8. The second-order valence-corrected chi connectivity index (χ2v) is 8.81. The van der Waals surface area contributed by atoms with Crippen molar-refractivity contribution in [1.29, 1.82) is 0 Å². The number of para-hydroxylation sites is 1. The van der Waals surface area contributed by atoms with Crippen LogP contribution in [0.5, 0.6) is 0 Å². The smallest absolute Gasteiger partial charge is 0.330 e. The molecule has 1 unspecified atom stereocenters. The van der Waals surface area contributed by atoms with Crippen molar-refractivity contribution in [3.8, 4) is 0 Å². The van der Waals surface area contributed by atoms with Gasteiger partial charge in [-0.2, -0.15) is 0 Å². The first-order valence-electron chi connectivity index (χ1n) is 10.2. The molecule has 1 aliphatic heterocycles. The Balaban J connectivity index is 1.90. The van der Waals surface area contributed by atoms with Crippen LogP contribution in [0.3, 0.4) is 0 Å². The number of aliphatic hydroxyl groups excluding tert-OH is 2. The molecule has 174 valence electrons. The lowest BCUT2D eigenvalue weighted by Crippen LogP contribution is -2.35. The third kappa shape index (κ3) is 4.96. The lowest BCUT2D eigenvalue weighted by Gasteiger charge is -2.30. The highest BCUT2D eigenvalue weighted by Gasteiger charge is 2.36. The minimum Gasteiger partial charge on any atom is -0.394 e. The Hall–Kier alpha value is -2.86. The molecule has 0 amide bonds. The summed E-state index contributed by atoms with van der Waals surface area (Å²) in [6.45, 7) is 4.96. The van der Waals surface area contributed by atoms with Crippen LogP contribution in [0.4, 0.5) is 5.69 Å². The van der Waals surface area contributed by atoms with E-state index in [0.29, 0.717) is 5.56 Å². The molecule has 1 aliphatic rings. The number of benzene rings is 1. The van der Waals surface area contributed by atoms with Gasteiger partial charge in [0.25, 0.3) is 11.2 Å². The largest absolute Gasteiger partial charge is 0.394 e. The van der Waals surface area contributed by atoms with Crippen LogP contribution in [-0.2, 0) is 16.1 Å². The van der Waals surface area contributed by atoms with Gasteiger partial charge in [-0.05, 0) is 11.5 Å². The molecule has 1 saturated heterocycles. The van der Waals surface area contributed by atoms with Crippen molar-refractivity contribution < 1.29 is 24.6 Å². The molecule has 0 aliphatic carbocycles. The highest BCUT2D eigenvalue weighted by Crippen LogP contribution is 2.40. The van der Waals surface area contributed by atoms with Crippen LogP contribution >= 0.6 is 0 Å². The summed E-state index contributed by atoms with van der Waals surface area (Å²) < 4.78 is 12.6. The fraction of sp³-hybridized carbons (Fsp3) is 0.524. The number of aromatic nitrogens is 2. The van der Waals surface area contributed by atoms with Gasteiger partial charge in [0, 0.05) is 18.7 Å². The molecule has 3 rings (SSSR count). The fourth-order valence-corrected chi connectivity index (χ4v) is 3.75. The summed E-state index contributed by atoms with van der Waals surface area (Å²) in [6, 6.07) is 6.25. The van der Waals surface area contributed by atoms with Crippen molar-refractivity contribution in [3.05, 3.63) is 72.5 Å². The first-order valence-corrected chi connectivity index (χ1v) is 10.2. The molecule has 1 fully saturated rings. The Labute approximate surface area is 183 Å². The maximum Gasteiger partial charge on any atom is 0.330 e. The molecule has 1 aromatic carbocycles. The summed E-state index contributed by atoms with van der Waals surface area (Å²) in [7, 11) is 0. The van der Waals surface area contributed by atoms with Crippen LogP contribution in [-0.4, -0.2) is 43.5 Å². The summed E-state index contributed by atoms with van der Waals surface area (Å²) in [5, 5.41) is 30.7. The summed E-state index contributed by atoms with van der Waals surface area (Å²) in [5.41, 5.74) is -1.51. The lowest BCUT2D eigenvalue weighted by molar-refractivity contribution is -0.386. The molecule has 2 heterocycles. The van der Waals surface area contributed by atoms with E-state index >= 15 is 0 Å². The lowest BCUT2D eigenvalue weighted by atomic mass is 9.84. The summed E-state index contributed by atoms with van der Waals surface area (Å²) >= 11 is 0. The van der Waals surface area contributed by atoms with Crippen LogP contribution in [0.15, 0.2) is 40.1 Å². The zero-order chi connectivity index (χ0) is 23.6. The van der Waals surface area contributed by atoms with Crippen molar-refractivity contribution in [1.82, 2.24) is 9.55 Å². The number of nitrogens with zero attached hydrogens (tertiary/aromatic N) is 2. The second kappa shape index (κ2) is 9.33. The van der Waals surface area contributed by atoms with E-state index in [-0.39, 0.29) is 24.3 Å². The van der Waals surface area contributed by atoms with Crippen molar-refractivity contribution in [2.75, 3.05) is 6.61 Å². The average molecular weight is 449 g/mol. The highest BCUT2D eigenvalue weighted by atomic mass is 16.6. The average Bonchev–Trinajstić information content (AvgIpc) is 3.09. The minimum atomic E-state index is -0.951. The molecule has 11 nitrogen and oxygen atoms in total. The maximum absolute atomic E-state index is 12.4. The number of nitro benzene ring substituents is 1. The zero-order valence-corrected chi connectivity index (χ0v) is 18.1. The van der Waals surface area contributed by atoms with Gasteiger partial charge < -0.3 is 19.7 Å². The monoisotopic (exact) mass is 449 g/mol. The standard InChI is InChI=1S/C21H27N3O8/c1-21(2,3)18(13-6-4-5-7-14(13)24(29)30)31-11-12-9-23(20(28)22-19(12)27)17-8-15(26)16(10-25)32-17/h4-7,9,15-18,25-26H,8,10-11H2,1-3H3,(H,22,27,28)/t15-,16+,17+,18?/m0/s1. The van der Waals surface area contributed by atoms with E-state index < -0.39 is 52.7 Å². The number of hydrogen-bond acceptors (Lipinski definition) is 8. The number of nitrogens with one attached hydrogen (secondary N) is 1. The van der Waals surface area contributed by atoms with Gasteiger partial charge in [-0.1, -0.05) is 32.9 Å². The van der Waals surface area contributed by atoms with E-state index in [9.17, 15) is 29.9 Å². The molecule has 1 aromatic heterocycles. The normalized spacial score (nSPS) is 22.1. The molecular weight excluding hydrogens is 422 g/mol. The highest BCUT2D eigenvalue weighted by molar-refractivity contribution is 5.42. The molecule has 2 aromatic rings. The van der Waals surface area contributed by atoms with Gasteiger partial charge in [-0.15, -0.1) is 0 Å². The van der Waals surface area contributed by atoms with Crippen molar-refractivity contribution in [3.63, 3.8) is 0 Å². The zero-order valence-electron chi connectivity index (χ0n) is 18.1. The predicted octanol–water partition coefficient (Wildman–Crippen LogP) is 1.39. The van der Waals surface area contributed by atoms with E-state index in [0.717, 1.165) is 4.57 Å². The Morgan fingerprint density at radius 2 is 2.03 bits per heavy atom. The fourth-order valence-electron chi connectivity index (χ4n) is 3.75. The number of nitro groups is 1. The van der Waals surface area contributed by atoms with E-state index in [1.165, 1.54) is 12.3 Å². The number of aliphatic hydroxyl groups is 2. The van der Waals surface area contributed by atoms with E-state index in [4.69, 9.17) is 9.47 Å². The molecule has 32 heavy (non-hydrogen) atoms. The number of aromatic amines is 1. The molecule has 4 atom stereocenters. The van der Waals surface area contributed by atoms with E-state index in [2.05, 4.69) is 4.98 Å². The van der Waals surface area contributed by atoms with Gasteiger partial charge >= 0.3 is 5.69 Å². The number of rotatable bonds is 7. The summed E-state index contributed by atoms with van der Waals surface area (Å²) in [5.74, 6) is 0. The topological polar surface area (TPSA) is 157 Å². The van der Waals surface area contributed by atoms with Crippen LogP contribution in [0.2, 0.25) is 0 Å². The first-order chi connectivity index (χ1) is 15.0. The molecule has 0 bridgehead atoms. The van der Waals surface area contributed by atoms with Crippen molar-refractivity contribution in [2.45, 2.75) is 58.3 Å². The molecule has 3 N–H and O–H groups in total. The van der Waals surface area contributed by atoms with E-state index in [1.807, 2.05) is 20.8 Å². The molecule has 0 saturated carbocycles. The summed E-state index contributed by atoms with van der Waals surface area (Å²) in [4.78, 5) is 37.9. The number of hydrogen-bond donors (Lipinski definition) is 3. The molecule has 11 heteroatoms. The van der Waals surface area contributed by atoms with Gasteiger partial charge in [0.15, 0.2) is 0 Å². The number of H-pyrrole nitrogens is 1. The third-order valence-electron chi connectivity index (χ3n) is 5.34. The van der Waals surface area contributed by atoms with Gasteiger partial charge in [0.05, 0.1) is 41.5 Å². The quantitative estimate of drug-likeness (QED) is 0.423. The Kier molecular flexibility index (Phi) is 6.94. The van der Waals surface area contributed by atoms with Gasteiger partial charge in [-0.25, -0.2) is 4.79 Å². The van der Waals surface area contributed by atoms with Gasteiger partial charge in [0.2, 0.25) is 0 Å². The van der Waals surface area contributed by atoms with Crippen LogP contribution < -0.4 is 11.2 Å². The van der Waals surface area contributed by atoms with Crippen LogP contribution in [0.25, 0.3) is 0 Å². The Bertz CT molecular complexity index is 1090. The van der Waals surface area contributed by atoms with Gasteiger partial charge in [0.1, 0.15) is 12.3 Å². The molecule has 0 radical (unpaired) electrons. The van der Waals surface area contributed by atoms with Crippen LogP contribution in [0.1, 0.15) is 50.7 Å². The third-order valence-corrected chi connectivity index (χ3v) is 5.34.